The van der Waals surface area contributed by atoms with Gasteiger partial charge in [0.05, 0.1) is 15.9 Å². The lowest BCUT2D eigenvalue weighted by molar-refractivity contribution is -0.122. The van der Waals surface area contributed by atoms with Crippen LogP contribution in [0.15, 0.2) is 42.5 Å². The van der Waals surface area contributed by atoms with Gasteiger partial charge >= 0.3 is 0 Å². The number of para-hydroxylation sites is 1. The minimum Gasteiger partial charge on any atom is -0.332 e. The standard InChI is InChI=1S/C18H16IN3OS2/c1-10(2)16(23)22-18(24)21-13-8-7-11(19)9-12(13)17-20-14-5-3-4-6-15(14)25-17/h3-10H,1-2H3,(H2,21,22,23,24). The number of halogens is 1. The Labute approximate surface area is 169 Å². The minimum atomic E-state index is -0.125. The lowest BCUT2D eigenvalue weighted by Crippen LogP contribution is -2.36. The summed E-state index contributed by atoms with van der Waals surface area (Å²) in [5.41, 5.74) is 2.77. The van der Waals surface area contributed by atoms with Crippen molar-refractivity contribution < 1.29 is 4.79 Å². The van der Waals surface area contributed by atoms with Crippen molar-refractivity contribution >= 4 is 73.1 Å². The number of carbonyl (C=O) groups excluding carboxylic acids is 1. The molecule has 0 fully saturated rings. The number of carbonyl (C=O) groups is 1. The quantitative estimate of drug-likeness (QED) is 0.407. The van der Waals surface area contributed by atoms with E-state index in [0.717, 1.165) is 30.0 Å². The second kappa shape index (κ2) is 7.76. The van der Waals surface area contributed by atoms with E-state index in [4.69, 9.17) is 17.2 Å². The van der Waals surface area contributed by atoms with Crippen LogP contribution in [0, 0.1) is 9.49 Å². The highest BCUT2D eigenvalue weighted by molar-refractivity contribution is 14.1. The lowest BCUT2D eigenvalue weighted by atomic mass is 10.2. The fourth-order valence-corrected chi connectivity index (χ4v) is 3.90. The van der Waals surface area contributed by atoms with Gasteiger partial charge in [0.2, 0.25) is 5.91 Å². The van der Waals surface area contributed by atoms with Crippen molar-refractivity contribution in [3.05, 3.63) is 46.0 Å². The number of aromatic nitrogens is 1. The van der Waals surface area contributed by atoms with Gasteiger partial charge in [0.15, 0.2) is 5.11 Å². The van der Waals surface area contributed by atoms with Crippen molar-refractivity contribution in [1.82, 2.24) is 10.3 Å². The molecule has 0 atom stereocenters. The third-order valence-electron chi connectivity index (χ3n) is 3.52. The number of nitrogens with zero attached hydrogens (tertiary/aromatic N) is 1. The van der Waals surface area contributed by atoms with Gasteiger partial charge in [-0.2, -0.15) is 0 Å². The number of amides is 1. The average Bonchev–Trinajstić information content (AvgIpc) is 3.00. The monoisotopic (exact) mass is 481 g/mol. The van der Waals surface area contributed by atoms with E-state index in [1.165, 1.54) is 0 Å². The maximum absolute atomic E-state index is 11.8. The molecule has 0 aliphatic heterocycles. The van der Waals surface area contributed by atoms with Gasteiger partial charge in [-0.25, -0.2) is 4.98 Å². The Balaban J connectivity index is 1.93. The molecule has 128 valence electrons. The molecule has 3 aromatic rings. The number of hydrogen-bond acceptors (Lipinski definition) is 4. The molecule has 0 bridgehead atoms. The van der Waals surface area contributed by atoms with Crippen molar-refractivity contribution in [3.8, 4) is 10.6 Å². The summed E-state index contributed by atoms with van der Waals surface area (Å²) in [4.78, 5) is 16.5. The van der Waals surface area contributed by atoms with Crippen LogP contribution in [0.5, 0.6) is 0 Å². The van der Waals surface area contributed by atoms with Crippen LogP contribution in [-0.2, 0) is 4.79 Å². The highest BCUT2D eigenvalue weighted by Crippen LogP contribution is 2.35. The van der Waals surface area contributed by atoms with Crippen LogP contribution < -0.4 is 10.6 Å². The predicted octanol–water partition coefficient (Wildman–Crippen LogP) is 5.04. The van der Waals surface area contributed by atoms with Gasteiger partial charge in [-0.05, 0) is 65.1 Å². The number of thiazole rings is 1. The van der Waals surface area contributed by atoms with E-state index >= 15 is 0 Å². The summed E-state index contributed by atoms with van der Waals surface area (Å²) >= 11 is 9.19. The Morgan fingerprint density at radius 3 is 2.72 bits per heavy atom. The van der Waals surface area contributed by atoms with Gasteiger partial charge in [-0.3, -0.25) is 4.79 Å². The molecule has 0 saturated heterocycles. The summed E-state index contributed by atoms with van der Waals surface area (Å²) in [5, 5.41) is 7.05. The molecule has 3 rings (SSSR count). The van der Waals surface area contributed by atoms with E-state index in [1.807, 2.05) is 44.2 Å². The normalized spacial score (nSPS) is 10.9. The molecule has 0 aliphatic rings. The SMILES string of the molecule is CC(C)C(=O)NC(=S)Nc1ccc(I)cc1-c1nc2ccccc2s1. The lowest BCUT2D eigenvalue weighted by Gasteiger charge is -2.14. The number of nitrogens with one attached hydrogen (secondary N) is 2. The molecule has 1 aromatic heterocycles. The molecule has 0 unspecified atom stereocenters. The van der Waals surface area contributed by atoms with E-state index in [1.54, 1.807) is 11.3 Å². The van der Waals surface area contributed by atoms with Gasteiger partial charge < -0.3 is 10.6 Å². The molecule has 0 saturated carbocycles. The molecule has 0 spiro atoms. The van der Waals surface area contributed by atoms with Crippen molar-refractivity contribution in [2.24, 2.45) is 5.92 Å². The van der Waals surface area contributed by atoms with Crippen LogP contribution in [0.2, 0.25) is 0 Å². The third kappa shape index (κ3) is 4.34. The van der Waals surface area contributed by atoms with Crippen molar-refractivity contribution in [2.45, 2.75) is 13.8 Å². The van der Waals surface area contributed by atoms with E-state index in [9.17, 15) is 4.79 Å². The van der Waals surface area contributed by atoms with Crippen LogP contribution in [0.25, 0.3) is 20.8 Å². The Morgan fingerprint density at radius 2 is 2.00 bits per heavy atom. The first-order chi connectivity index (χ1) is 11.9. The molecule has 1 heterocycles. The maximum Gasteiger partial charge on any atom is 0.228 e. The molecular weight excluding hydrogens is 465 g/mol. The predicted molar refractivity (Wildman–Crippen MR) is 117 cm³/mol. The number of hydrogen-bond donors (Lipinski definition) is 2. The van der Waals surface area contributed by atoms with Crippen molar-refractivity contribution in [3.63, 3.8) is 0 Å². The van der Waals surface area contributed by atoms with E-state index < -0.39 is 0 Å². The zero-order valence-electron chi connectivity index (χ0n) is 13.7. The van der Waals surface area contributed by atoms with Crippen LogP contribution in [0.4, 0.5) is 5.69 Å². The van der Waals surface area contributed by atoms with Gasteiger partial charge in [-0.15, -0.1) is 11.3 Å². The molecular formula is C18H16IN3OS2. The van der Waals surface area contributed by atoms with Crippen LogP contribution >= 0.6 is 46.1 Å². The van der Waals surface area contributed by atoms with Gasteiger partial charge in [0.1, 0.15) is 5.01 Å². The summed E-state index contributed by atoms with van der Waals surface area (Å²) in [6, 6.07) is 14.1. The maximum atomic E-state index is 11.8. The van der Waals surface area contributed by atoms with Crippen LogP contribution in [0.3, 0.4) is 0 Å². The molecule has 2 aromatic carbocycles. The topological polar surface area (TPSA) is 54.0 Å². The summed E-state index contributed by atoms with van der Waals surface area (Å²) in [6.45, 7) is 3.66. The molecule has 0 radical (unpaired) electrons. The summed E-state index contributed by atoms with van der Waals surface area (Å²) < 4.78 is 2.24. The highest BCUT2D eigenvalue weighted by Gasteiger charge is 2.14. The Kier molecular flexibility index (Phi) is 5.65. The molecule has 4 nitrogen and oxygen atoms in total. The molecule has 25 heavy (non-hydrogen) atoms. The minimum absolute atomic E-state index is 0.107. The number of anilines is 1. The zero-order chi connectivity index (χ0) is 18.0. The largest absolute Gasteiger partial charge is 0.332 e. The van der Waals surface area contributed by atoms with Gasteiger partial charge in [-0.1, -0.05) is 26.0 Å². The van der Waals surface area contributed by atoms with Gasteiger partial charge in [0, 0.05) is 15.1 Å². The second-order valence-corrected chi connectivity index (χ2v) is 8.46. The van der Waals surface area contributed by atoms with Crippen LogP contribution in [0.1, 0.15) is 13.8 Å². The Morgan fingerprint density at radius 1 is 1.24 bits per heavy atom. The Hall–Kier alpha value is -1.58. The summed E-state index contributed by atoms with van der Waals surface area (Å²) in [5.74, 6) is -0.232. The second-order valence-electron chi connectivity index (χ2n) is 5.77. The number of thiocarbonyl (C=S) groups is 1. The number of benzene rings is 2. The van der Waals surface area contributed by atoms with Crippen molar-refractivity contribution in [2.75, 3.05) is 5.32 Å². The molecule has 0 aliphatic carbocycles. The first kappa shape index (κ1) is 18.2. The number of fused-ring (bicyclic) bond motifs is 1. The average molecular weight is 481 g/mol. The van der Waals surface area contributed by atoms with E-state index in [0.29, 0.717) is 5.11 Å². The smallest absolute Gasteiger partial charge is 0.228 e. The fraction of sp³-hybridized carbons (Fsp3) is 0.167. The van der Waals surface area contributed by atoms with E-state index in [-0.39, 0.29) is 11.8 Å². The first-order valence-corrected chi connectivity index (χ1v) is 10.0. The van der Waals surface area contributed by atoms with Crippen LogP contribution in [-0.4, -0.2) is 16.0 Å². The van der Waals surface area contributed by atoms with Crippen molar-refractivity contribution in [1.29, 1.82) is 0 Å². The number of rotatable bonds is 3. The third-order valence-corrected chi connectivity index (χ3v) is 5.46. The Bertz CT molecular complexity index is 919. The molecule has 7 heteroatoms. The van der Waals surface area contributed by atoms with Gasteiger partial charge in [0.25, 0.3) is 0 Å². The first-order valence-electron chi connectivity index (χ1n) is 7.71. The molecule has 2 N–H and O–H groups in total. The van der Waals surface area contributed by atoms with E-state index in [2.05, 4.69) is 45.4 Å². The highest BCUT2D eigenvalue weighted by atomic mass is 127. The summed E-state index contributed by atoms with van der Waals surface area (Å²) in [7, 11) is 0. The molecule has 1 amide bonds. The fourth-order valence-electron chi connectivity index (χ4n) is 2.20. The summed E-state index contributed by atoms with van der Waals surface area (Å²) in [6.07, 6.45) is 0. The zero-order valence-corrected chi connectivity index (χ0v) is 17.5.